The first kappa shape index (κ1) is 14.6. The molecule has 0 unspecified atom stereocenters. The Hall–Kier alpha value is -1.43. The zero-order valence-corrected chi connectivity index (χ0v) is 9.31. The number of halogens is 1. The topological polar surface area (TPSA) is 88.9 Å². The van der Waals surface area contributed by atoms with Crippen molar-refractivity contribution in [3.05, 3.63) is 29.0 Å². The molecule has 88 valence electrons. The van der Waals surface area contributed by atoms with Crippen LogP contribution in [0.1, 0.15) is 20.3 Å². The highest BCUT2D eigenvalue weighted by Crippen LogP contribution is 2.13. The first-order chi connectivity index (χ1) is 7.51. The lowest BCUT2D eigenvalue weighted by atomic mass is 10.0. The van der Waals surface area contributed by atoms with E-state index in [0.29, 0.717) is 5.71 Å². The molecule has 0 bridgehead atoms. The third-order valence-corrected chi connectivity index (χ3v) is 1.84. The molecule has 0 spiro atoms. The molecule has 0 aliphatic heterocycles. The van der Waals surface area contributed by atoms with Gasteiger partial charge in [-0.15, -0.1) is 0 Å². The van der Waals surface area contributed by atoms with Gasteiger partial charge in [-0.1, -0.05) is 0 Å². The Morgan fingerprint density at radius 1 is 1.56 bits per heavy atom. The lowest BCUT2D eigenvalue weighted by Gasteiger charge is -2.10. The Bertz CT molecular complexity index is 333. The van der Waals surface area contributed by atoms with Crippen LogP contribution in [0.4, 0.5) is 4.32 Å². The fourth-order valence-corrected chi connectivity index (χ4v) is 1.22. The van der Waals surface area contributed by atoms with E-state index in [1.807, 2.05) is 19.1 Å². The first-order valence-electron chi connectivity index (χ1n) is 4.84. The number of nitrogens with one attached hydrogen (secondary N) is 1. The Morgan fingerprint density at radius 3 is 2.50 bits per heavy atom. The number of nitrogens with zero attached hydrogens (tertiary/aromatic N) is 2. The summed E-state index contributed by atoms with van der Waals surface area (Å²) in [5.74, 6) is 0. The zero-order valence-electron chi connectivity index (χ0n) is 9.31. The van der Waals surface area contributed by atoms with Crippen LogP contribution in [-0.4, -0.2) is 34.5 Å². The molecule has 0 fully saturated rings. The SMILES string of the molecule is CCNC1=C(C)CC(=[N+]=[N-])C=C1.OB(O)F. The van der Waals surface area contributed by atoms with Crippen molar-refractivity contribution in [2.24, 2.45) is 0 Å². The predicted molar refractivity (Wildman–Crippen MR) is 60.1 cm³/mol. The molecule has 0 amide bonds. The number of hydrogen-bond acceptors (Lipinski definition) is 3. The van der Waals surface area contributed by atoms with Crippen LogP contribution in [0, 0.1) is 0 Å². The molecule has 0 saturated carbocycles. The van der Waals surface area contributed by atoms with Crippen molar-refractivity contribution in [2.45, 2.75) is 20.3 Å². The van der Waals surface area contributed by atoms with Crippen molar-refractivity contribution in [3.63, 3.8) is 0 Å². The largest absolute Gasteiger partial charge is 0.674 e. The third-order valence-electron chi connectivity index (χ3n) is 1.84. The molecule has 1 aliphatic carbocycles. The summed E-state index contributed by atoms with van der Waals surface area (Å²) in [5.41, 5.74) is 11.6. The molecule has 3 N–H and O–H groups in total. The maximum Gasteiger partial charge on any atom is 0.674 e. The van der Waals surface area contributed by atoms with E-state index in [0.717, 1.165) is 18.7 Å². The van der Waals surface area contributed by atoms with Gasteiger partial charge < -0.3 is 20.9 Å². The maximum absolute atomic E-state index is 10.1. The van der Waals surface area contributed by atoms with Crippen molar-refractivity contribution in [1.29, 1.82) is 0 Å². The van der Waals surface area contributed by atoms with E-state index in [2.05, 4.69) is 17.0 Å². The van der Waals surface area contributed by atoms with E-state index in [4.69, 9.17) is 15.6 Å². The number of allylic oxidation sites excluding steroid dienone is 3. The van der Waals surface area contributed by atoms with Crippen molar-refractivity contribution >= 4 is 13.1 Å². The second kappa shape index (κ2) is 7.81. The van der Waals surface area contributed by atoms with Gasteiger partial charge in [0, 0.05) is 18.3 Å². The van der Waals surface area contributed by atoms with Gasteiger partial charge in [0.2, 0.25) is 0 Å². The molecule has 0 saturated heterocycles. The molecule has 0 aromatic rings. The average molecular weight is 227 g/mol. The highest BCUT2D eigenvalue weighted by Gasteiger charge is 2.12. The van der Waals surface area contributed by atoms with Gasteiger partial charge in [0.05, 0.1) is 6.42 Å². The summed E-state index contributed by atoms with van der Waals surface area (Å²) in [6.07, 6.45) is 4.50. The van der Waals surface area contributed by atoms with Crippen molar-refractivity contribution < 1.29 is 19.2 Å². The van der Waals surface area contributed by atoms with E-state index in [1.165, 1.54) is 5.57 Å². The summed E-state index contributed by atoms with van der Waals surface area (Å²) < 4.78 is 10.1. The van der Waals surface area contributed by atoms with Crippen molar-refractivity contribution in [2.75, 3.05) is 6.54 Å². The quantitative estimate of drug-likeness (QED) is 0.363. The molecule has 16 heavy (non-hydrogen) atoms. The van der Waals surface area contributed by atoms with Gasteiger partial charge in [0.25, 0.3) is 5.71 Å². The van der Waals surface area contributed by atoms with Gasteiger partial charge in [-0.2, -0.15) is 4.79 Å². The summed E-state index contributed by atoms with van der Waals surface area (Å²) in [6, 6.07) is 0. The van der Waals surface area contributed by atoms with Gasteiger partial charge in [0.15, 0.2) is 0 Å². The minimum Gasteiger partial charge on any atom is -0.398 e. The van der Waals surface area contributed by atoms with Gasteiger partial charge >= 0.3 is 7.40 Å². The lowest BCUT2D eigenvalue weighted by molar-refractivity contribution is -0.00564. The predicted octanol–water partition coefficient (Wildman–Crippen LogP) is 0.426. The van der Waals surface area contributed by atoms with Crippen LogP contribution in [0.25, 0.3) is 5.53 Å². The Morgan fingerprint density at radius 2 is 2.12 bits per heavy atom. The number of hydrogen-bond donors (Lipinski definition) is 3. The van der Waals surface area contributed by atoms with Crippen LogP contribution < -0.4 is 5.32 Å². The Kier molecular flexibility index (Phi) is 7.12. The summed E-state index contributed by atoms with van der Waals surface area (Å²) in [6.45, 7) is 5.01. The fourth-order valence-electron chi connectivity index (χ4n) is 1.22. The summed E-state index contributed by atoms with van der Waals surface area (Å²) in [5, 5.41) is 17.1. The molecule has 0 radical (unpaired) electrons. The lowest BCUT2D eigenvalue weighted by Crippen LogP contribution is -2.16. The minimum atomic E-state index is -2.67. The smallest absolute Gasteiger partial charge is 0.398 e. The van der Waals surface area contributed by atoms with Gasteiger partial charge in [-0.05, 0) is 25.5 Å². The molecule has 0 aromatic heterocycles. The highest BCUT2D eigenvalue weighted by molar-refractivity contribution is 6.31. The van der Waals surface area contributed by atoms with Crippen LogP contribution >= 0.6 is 0 Å². The molecule has 5 nitrogen and oxygen atoms in total. The van der Waals surface area contributed by atoms with Crippen LogP contribution in [0.2, 0.25) is 0 Å². The molecule has 1 rings (SSSR count). The van der Waals surface area contributed by atoms with E-state index >= 15 is 0 Å². The molecule has 1 aliphatic rings. The summed E-state index contributed by atoms with van der Waals surface area (Å²) in [7, 11) is -2.67. The molecular weight excluding hydrogens is 212 g/mol. The molecular formula is C9H15BFN3O2. The van der Waals surface area contributed by atoms with Crippen molar-refractivity contribution in [3.8, 4) is 0 Å². The maximum atomic E-state index is 10.1. The van der Waals surface area contributed by atoms with Crippen LogP contribution in [0.15, 0.2) is 23.4 Å². The molecule has 0 atom stereocenters. The van der Waals surface area contributed by atoms with E-state index in [-0.39, 0.29) is 0 Å². The van der Waals surface area contributed by atoms with E-state index in [9.17, 15) is 4.32 Å². The summed E-state index contributed by atoms with van der Waals surface area (Å²) >= 11 is 0. The standard InChI is InChI=1S/C9H13N3.BFH2O2/c1-3-11-9-5-4-8(12-10)6-7(9)2;2-1(3)4/h4-5,11H,3,6H2,1-2H3;3-4H. The van der Waals surface area contributed by atoms with Gasteiger partial charge in [-0.3, -0.25) is 4.32 Å². The van der Waals surface area contributed by atoms with Crippen LogP contribution in [0.3, 0.4) is 0 Å². The Labute approximate surface area is 94.1 Å². The normalized spacial score (nSPS) is 13.9. The highest BCUT2D eigenvalue weighted by atomic mass is 19.1. The second-order valence-corrected chi connectivity index (χ2v) is 3.14. The monoisotopic (exact) mass is 227 g/mol. The number of rotatable bonds is 2. The second-order valence-electron chi connectivity index (χ2n) is 3.14. The Balaban J connectivity index is 0.000000487. The van der Waals surface area contributed by atoms with Crippen LogP contribution in [-0.2, 0) is 0 Å². The third kappa shape index (κ3) is 6.13. The molecule has 7 heteroatoms. The zero-order chi connectivity index (χ0) is 12.6. The van der Waals surface area contributed by atoms with Gasteiger partial charge in [0.1, 0.15) is 0 Å². The van der Waals surface area contributed by atoms with Gasteiger partial charge in [-0.25, -0.2) is 0 Å². The number of likely N-dealkylation sites (N-methyl/N-ethyl adjacent to an activating group) is 1. The fraction of sp³-hybridized carbons (Fsp3) is 0.444. The molecule has 0 heterocycles. The first-order valence-corrected chi connectivity index (χ1v) is 4.84. The molecule has 0 aromatic carbocycles. The van der Waals surface area contributed by atoms with E-state index in [1.54, 1.807) is 0 Å². The summed E-state index contributed by atoms with van der Waals surface area (Å²) in [4.78, 5) is 3.16. The average Bonchev–Trinajstić information content (AvgIpc) is 2.20. The van der Waals surface area contributed by atoms with Crippen LogP contribution in [0.5, 0.6) is 0 Å². The minimum absolute atomic E-state index is 0.717. The van der Waals surface area contributed by atoms with E-state index < -0.39 is 7.40 Å². The van der Waals surface area contributed by atoms with Crippen molar-refractivity contribution in [1.82, 2.24) is 5.32 Å².